The van der Waals surface area contributed by atoms with E-state index < -0.39 is 12.1 Å². The normalized spacial score (nSPS) is 13.5. The average Bonchev–Trinajstić information content (AvgIpc) is 2.47. The molecule has 0 radical (unpaired) electrons. The van der Waals surface area contributed by atoms with Gasteiger partial charge >= 0.3 is 0 Å². The van der Waals surface area contributed by atoms with Gasteiger partial charge < -0.3 is 16.4 Å². The third-order valence-corrected chi connectivity index (χ3v) is 3.49. The molecule has 1 aromatic carbocycles. The summed E-state index contributed by atoms with van der Waals surface area (Å²) in [7, 11) is 1.53. The highest BCUT2D eigenvalue weighted by Crippen LogP contribution is 2.10. The number of halogens is 1. The Morgan fingerprint density at radius 3 is 2.48 bits per heavy atom. The monoisotopic (exact) mass is 323 g/mol. The van der Waals surface area contributed by atoms with E-state index >= 15 is 0 Å². The maximum Gasteiger partial charge on any atom is 0.242 e. The van der Waals surface area contributed by atoms with Gasteiger partial charge in [0.2, 0.25) is 11.8 Å². The number of rotatable bonds is 8. The minimum Gasteiger partial charge on any atom is -0.357 e. The summed E-state index contributed by atoms with van der Waals surface area (Å²) in [4.78, 5) is 23.9. The van der Waals surface area contributed by atoms with Crippen LogP contribution in [0.5, 0.6) is 0 Å². The zero-order chi connectivity index (χ0) is 17.4. The molecule has 1 rings (SSSR count). The van der Waals surface area contributed by atoms with Crippen LogP contribution < -0.4 is 16.4 Å². The topological polar surface area (TPSA) is 84.2 Å². The number of nitrogens with two attached hydrogens (primary N) is 1. The van der Waals surface area contributed by atoms with Gasteiger partial charge in [-0.05, 0) is 30.4 Å². The first kappa shape index (κ1) is 19.1. The molecule has 0 spiro atoms. The second-order valence-electron chi connectivity index (χ2n) is 6.12. The van der Waals surface area contributed by atoms with Crippen LogP contribution >= 0.6 is 0 Å². The van der Waals surface area contributed by atoms with Crippen molar-refractivity contribution in [2.75, 3.05) is 7.05 Å². The molecule has 0 saturated carbocycles. The zero-order valence-electron chi connectivity index (χ0n) is 13.9. The Hall–Kier alpha value is -1.95. The Balaban J connectivity index is 2.56. The van der Waals surface area contributed by atoms with Crippen LogP contribution in [-0.2, 0) is 16.0 Å². The van der Waals surface area contributed by atoms with Gasteiger partial charge in [-0.3, -0.25) is 9.59 Å². The Bertz CT molecular complexity index is 534. The Kier molecular flexibility index (Phi) is 7.68. The van der Waals surface area contributed by atoms with Crippen molar-refractivity contribution in [3.05, 3.63) is 35.6 Å². The van der Waals surface area contributed by atoms with Crippen LogP contribution in [-0.4, -0.2) is 30.9 Å². The summed E-state index contributed by atoms with van der Waals surface area (Å²) in [6.45, 7) is 3.96. The van der Waals surface area contributed by atoms with Crippen molar-refractivity contribution >= 4 is 11.8 Å². The number of benzene rings is 1. The smallest absolute Gasteiger partial charge is 0.242 e. The van der Waals surface area contributed by atoms with Gasteiger partial charge in [0.15, 0.2) is 0 Å². The van der Waals surface area contributed by atoms with Crippen molar-refractivity contribution in [1.82, 2.24) is 10.6 Å². The van der Waals surface area contributed by atoms with Crippen LogP contribution in [0.1, 0.15) is 32.3 Å². The van der Waals surface area contributed by atoms with Crippen LogP contribution in [0, 0.1) is 11.7 Å². The van der Waals surface area contributed by atoms with E-state index in [4.69, 9.17) is 5.73 Å². The van der Waals surface area contributed by atoms with Gasteiger partial charge in [0.25, 0.3) is 0 Å². The molecule has 0 aliphatic carbocycles. The summed E-state index contributed by atoms with van der Waals surface area (Å²) in [5.41, 5.74) is 6.42. The highest BCUT2D eigenvalue weighted by atomic mass is 19.1. The number of likely N-dealkylation sites (N-methyl/N-ethyl adjacent to an activating group) is 1. The van der Waals surface area contributed by atoms with E-state index in [1.54, 1.807) is 18.2 Å². The first-order valence-corrected chi connectivity index (χ1v) is 7.83. The Morgan fingerprint density at radius 1 is 1.26 bits per heavy atom. The van der Waals surface area contributed by atoms with Crippen molar-refractivity contribution in [1.29, 1.82) is 0 Å². The highest BCUT2D eigenvalue weighted by molar-refractivity contribution is 5.87. The van der Waals surface area contributed by atoms with Crippen molar-refractivity contribution in [2.24, 2.45) is 11.7 Å². The molecule has 0 heterocycles. The molecule has 4 N–H and O–H groups in total. The van der Waals surface area contributed by atoms with Crippen LogP contribution in [0.2, 0.25) is 0 Å². The first-order valence-electron chi connectivity index (χ1n) is 7.83. The van der Waals surface area contributed by atoms with E-state index in [1.165, 1.54) is 13.1 Å². The maximum atomic E-state index is 13.6. The third-order valence-electron chi connectivity index (χ3n) is 3.49. The lowest BCUT2D eigenvalue weighted by atomic mass is 10.0. The van der Waals surface area contributed by atoms with E-state index in [-0.39, 0.29) is 36.4 Å². The minimum absolute atomic E-state index is 0.0416. The van der Waals surface area contributed by atoms with E-state index in [1.807, 2.05) is 13.8 Å². The van der Waals surface area contributed by atoms with Gasteiger partial charge in [-0.1, -0.05) is 32.0 Å². The van der Waals surface area contributed by atoms with Crippen molar-refractivity contribution in [2.45, 2.75) is 45.2 Å². The van der Waals surface area contributed by atoms with Crippen molar-refractivity contribution < 1.29 is 14.0 Å². The van der Waals surface area contributed by atoms with Crippen LogP contribution in [0.15, 0.2) is 24.3 Å². The molecule has 0 aliphatic heterocycles. The van der Waals surface area contributed by atoms with E-state index in [2.05, 4.69) is 10.6 Å². The van der Waals surface area contributed by atoms with E-state index in [0.717, 1.165) is 0 Å². The second kappa shape index (κ2) is 9.25. The molecule has 2 atom stereocenters. The third kappa shape index (κ3) is 6.78. The van der Waals surface area contributed by atoms with Gasteiger partial charge in [-0.2, -0.15) is 0 Å². The van der Waals surface area contributed by atoms with Crippen LogP contribution in [0.4, 0.5) is 4.39 Å². The molecule has 0 aliphatic rings. The fourth-order valence-corrected chi connectivity index (χ4v) is 2.39. The molecule has 1 aromatic rings. The number of hydrogen-bond acceptors (Lipinski definition) is 3. The molecule has 0 saturated heterocycles. The van der Waals surface area contributed by atoms with Crippen LogP contribution in [0.25, 0.3) is 0 Å². The zero-order valence-corrected chi connectivity index (χ0v) is 13.9. The predicted molar refractivity (Wildman–Crippen MR) is 88.1 cm³/mol. The molecule has 128 valence electrons. The fraction of sp³-hybridized carbons (Fsp3) is 0.529. The molecule has 0 fully saturated rings. The number of carbonyl (C=O) groups excluding carboxylic acids is 2. The maximum absolute atomic E-state index is 13.6. The lowest BCUT2D eigenvalue weighted by molar-refractivity contribution is -0.129. The van der Waals surface area contributed by atoms with Gasteiger partial charge in [0, 0.05) is 19.5 Å². The molecule has 2 amide bonds. The average molecular weight is 323 g/mol. The molecule has 0 unspecified atom stereocenters. The molecule has 5 nitrogen and oxygen atoms in total. The largest absolute Gasteiger partial charge is 0.357 e. The first-order chi connectivity index (χ1) is 10.8. The minimum atomic E-state index is -0.576. The molecular weight excluding hydrogens is 297 g/mol. The number of carbonyl (C=O) groups is 2. The second-order valence-corrected chi connectivity index (χ2v) is 6.12. The predicted octanol–water partition coefficient (Wildman–Crippen LogP) is 1.36. The van der Waals surface area contributed by atoms with Gasteiger partial charge in [0.05, 0.1) is 0 Å². The van der Waals surface area contributed by atoms with Crippen molar-refractivity contribution in [3.8, 4) is 0 Å². The molecule has 0 aromatic heterocycles. The standard InChI is InChI=1S/C17H26FN3O2/c1-11(2)8-15(17(23)20-3)21-16(22)10-13(19)9-12-6-4-5-7-14(12)18/h4-7,11,13,15H,8-10,19H2,1-3H3,(H,20,23)(H,21,22)/t13-,15-/m1/s1. The van der Waals surface area contributed by atoms with Crippen LogP contribution in [0.3, 0.4) is 0 Å². The summed E-state index contributed by atoms with van der Waals surface area (Å²) >= 11 is 0. The summed E-state index contributed by atoms with van der Waals surface area (Å²) in [5.74, 6) is -0.589. The molecule has 0 bridgehead atoms. The fourth-order valence-electron chi connectivity index (χ4n) is 2.39. The van der Waals surface area contributed by atoms with Gasteiger partial charge in [-0.25, -0.2) is 4.39 Å². The summed E-state index contributed by atoms with van der Waals surface area (Å²) in [6, 6.07) is 5.28. The Labute approximate surface area is 136 Å². The molecule has 23 heavy (non-hydrogen) atoms. The summed E-state index contributed by atoms with van der Waals surface area (Å²) in [5, 5.41) is 5.25. The highest BCUT2D eigenvalue weighted by Gasteiger charge is 2.22. The number of hydrogen-bond donors (Lipinski definition) is 3. The lowest BCUT2D eigenvalue weighted by Gasteiger charge is -2.20. The van der Waals surface area contributed by atoms with E-state index in [0.29, 0.717) is 12.0 Å². The number of amides is 2. The summed E-state index contributed by atoms with van der Waals surface area (Å²) in [6.07, 6.45) is 0.864. The van der Waals surface area contributed by atoms with Crippen molar-refractivity contribution in [3.63, 3.8) is 0 Å². The van der Waals surface area contributed by atoms with Gasteiger partial charge in [0.1, 0.15) is 11.9 Å². The number of nitrogens with one attached hydrogen (secondary N) is 2. The molecule has 6 heteroatoms. The SMILES string of the molecule is CNC(=O)[C@@H](CC(C)C)NC(=O)C[C@H](N)Cc1ccccc1F. The van der Waals surface area contributed by atoms with E-state index in [9.17, 15) is 14.0 Å². The molecular formula is C17H26FN3O2. The lowest BCUT2D eigenvalue weighted by Crippen LogP contribution is -2.47. The Morgan fingerprint density at radius 2 is 1.91 bits per heavy atom. The van der Waals surface area contributed by atoms with Gasteiger partial charge in [-0.15, -0.1) is 0 Å². The summed E-state index contributed by atoms with van der Waals surface area (Å²) < 4.78 is 13.6. The quantitative estimate of drug-likeness (QED) is 0.675.